The van der Waals surface area contributed by atoms with Crippen LogP contribution in [0.25, 0.3) is 22.3 Å². The molecule has 1 saturated heterocycles. The van der Waals surface area contributed by atoms with Crippen LogP contribution >= 0.6 is 0 Å². The van der Waals surface area contributed by atoms with Gasteiger partial charge in [0.05, 0.1) is 33.5 Å². The Labute approximate surface area is 164 Å². The number of anilines is 1. The first kappa shape index (κ1) is 18.4. The van der Waals surface area contributed by atoms with Crippen LogP contribution in [0.2, 0.25) is 0 Å². The van der Waals surface area contributed by atoms with Crippen LogP contribution in [0.15, 0.2) is 30.5 Å². The molecule has 2 aromatic heterocycles. The predicted octanol–water partition coefficient (Wildman–Crippen LogP) is 3.24. The molecule has 1 aromatic carbocycles. The van der Waals surface area contributed by atoms with E-state index in [2.05, 4.69) is 21.8 Å². The van der Waals surface area contributed by atoms with Crippen molar-refractivity contribution in [2.24, 2.45) is 0 Å². The average molecular weight is 380 g/mol. The highest BCUT2D eigenvalue weighted by Crippen LogP contribution is 2.36. The predicted molar refractivity (Wildman–Crippen MR) is 108 cm³/mol. The molecular weight excluding hydrogens is 356 g/mol. The summed E-state index contributed by atoms with van der Waals surface area (Å²) in [5.41, 5.74) is 2.47. The Morgan fingerprint density at radius 2 is 1.96 bits per heavy atom. The zero-order chi connectivity index (χ0) is 19.7. The normalized spacial score (nSPS) is 17.0. The molecule has 3 heterocycles. The summed E-state index contributed by atoms with van der Waals surface area (Å²) >= 11 is 0. The van der Waals surface area contributed by atoms with Crippen molar-refractivity contribution < 1.29 is 14.2 Å². The molecule has 4 rings (SSSR count). The highest BCUT2D eigenvalue weighted by Gasteiger charge is 2.20. The molecule has 28 heavy (non-hydrogen) atoms. The fourth-order valence-corrected chi connectivity index (χ4v) is 3.55. The molecule has 146 valence electrons. The van der Waals surface area contributed by atoms with E-state index in [1.807, 2.05) is 37.4 Å². The lowest BCUT2D eigenvalue weighted by Gasteiger charge is -2.34. The first-order chi connectivity index (χ1) is 13.6. The summed E-state index contributed by atoms with van der Waals surface area (Å²) in [6.07, 6.45) is 1.82. The summed E-state index contributed by atoms with van der Waals surface area (Å²) in [6, 6.07) is 8.16. The summed E-state index contributed by atoms with van der Waals surface area (Å²) < 4.78 is 16.5. The second-order valence-electron chi connectivity index (χ2n) is 6.85. The number of hydrogen-bond donors (Lipinski definition) is 0. The SMILES string of the molecule is COc1ccc2c(C)nc(-c3ccc(N4CCOC[C@@H]4C)nc3)nc2c1OC. The Balaban J connectivity index is 1.74. The quantitative estimate of drug-likeness (QED) is 0.688. The van der Waals surface area contributed by atoms with Gasteiger partial charge in [0.15, 0.2) is 17.3 Å². The number of benzene rings is 1. The van der Waals surface area contributed by atoms with Gasteiger partial charge in [-0.15, -0.1) is 0 Å². The van der Waals surface area contributed by atoms with Crippen molar-refractivity contribution >= 4 is 16.7 Å². The molecule has 0 unspecified atom stereocenters. The smallest absolute Gasteiger partial charge is 0.187 e. The number of fused-ring (bicyclic) bond motifs is 1. The minimum absolute atomic E-state index is 0.308. The van der Waals surface area contributed by atoms with E-state index in [9.17, 15) is 0 Å². The maximum atomic E-state index is 5.56. The number of hydrogen-bond acceptors (Lipinski definition) is 7. The molecule has 0 bridgehead atoms. The molecule has 0 aliphatic carbocycles. The zero-order valence-corrected chi connectivity index (χ0v) is 16.6. The third-order valence-corrected chi connectivity index (χ3v) is 5.07. The van der Waals surface area contributed by atoms with Crippen molar-refractivity contribution in [1.29, 1.82) is 0 Å². The van der Waals surface area contributed by atoms with E-state index in [0.717, 1.165) is 47.7 Å². The van der Waals surface area contributed by atoms with Crippen molar-refractivity contribution in [3.8, 4) is 22.9 Å². The molecule has 0 spiro atoms. The summed E-state index contributed by atoms with van der Waals surface area (Å²) in [6.45, 7) is 6.40. The lowest BCUT2D eigenvalue weighted by Crippen LogP contribution is -2.44. The zero-order valence-electron chi connectivity index (χ0n) is 16.6. The summed E-state index contributed by atoms with van der Waals surface area (Å²) in [7, 11) is 3.24. The number of aryl methyl sites for hydroxylation is 1. The van der Waals surface area contributed by atoms with Gasteiger partial charge in [0.2, 0.25) is 0 Å². The van der Waals surface area contributed by atoms with E-state index in [-0.39, 0.29) is 0 Å². The number of morpholine rings is 1. The monoisotopic (exact) mass is 380 g/mol. The number of nitrogens with zero attached hydrogens (tertiary/aromatic N) is 4. The van der Waals surface area contributed by atoms with Gasteiger partial charge in [-0.2, -0.15) is 0 Å². The van der Waals surface area contributed by atoms with E-state index in [0.29, 0.717) is 23.4 Å². The van der Waals surface area contributed by atoms with E-state index in [1.165, 1.54) is 0 Å². The van der Waals surface area contributed by atoms with Crippen LogP contribution in [0.1, 0.15) is 12.6 Å². The van der Waals surface area contributed by atoms with Gasteiger partial charge in [-0.25, -0.2) is 15.0 Å². The fourth-order valence-electron chi connectivity index (χ4n) is 3.55. The van der Waals surface area contributed by atoms with Crippen LogP contribution in [0, 0.1) is 6.92 Å². The molecule has 1 aliphatic rings. The van der Waals surface area contributed by atoms with E-state index in [1.54, 1.807) is 14.2 Å². The van der Waals surface area contributed by atoms with Gasteiger partial charge in [0, 0.05) is 29.4 Å². The number of methoxy groups -OCH3 is 2. The first-order valence-corrected chi connectivity index (χ1v) is 9.32. The molecule has 1 atom stereocenters. The number of aromatic nitrogens is 3. The lowest BCUT2D eigenvalue weighted by molar-refractivity contribution is 0.0985. The second-order valence-corrected chi connectivity index (χ2v) is 6.85. The van der Waals surface area contributed by atoms with Crippen molar-refractivity contribution in [1.82, 2.24) is 15.0 Å². The van der Waals surface area contributed by atoms with Gasteiger partial charge in [-0.3, -0.25) is 0 Å². The maximum absolute atomic E-state index is 5.56. The molecule has 0 amide bonds. The van der Waals surface area contributed by atoms with Crippen LogP contribution < -0.4 is 14.4 Å². The van der Waals surface area contributed by atoms with Gasteiger partial charge in [0.25, 0.3) is 0 Å². The molecule has 0 N–H and O–H groups in total. The first-order valence-electron chi connectivity index (χ1n) is 9.32. The largest absolute Gasteiger partial charge is 0.493 e. The van der Waals surface area contributed by atoms with Gasteiger partial charge < -0.3 is 19.1 Å². The lowest BCUT2D eigenvalue weighted by atomic mass is 10.1. The van der Waals surface area contributed by atoms with Crippen molar-refractivity contribution in [2.45, 2.75) is 19.9 Å². The highest BCUT2D eigenvalue weighted by atomic mass is 16.5. The van der Waals surface area contributed by atoms with E-state index < -0.39 is 0 Å². The Hall–Kier alpha value is -2.93. The van der Waals surface area contributed by atoms with Crippen molar-refractivity contribution in [2.75, 3.05) is 38.9 Å². The Morgan fingerprint density at radius 1 is 1.11 bits per heavy atom. The standard InChI is InChI=1S/C21H24N4O3/c1-13-12-28-10-9-25(13)18-8-5-15(11-22-18)21-23-14(2)16-6-7-17(26-3)20(27-4)19(16)24-21/h5-8,11,13H,9-10,12H2,1-4H3/t13-/m0/s1. The average Bonchev–Trinajstić information content (AvgIpc) is 2.73. The van der Waals surface area contributed by atoms with Crippen LogP contribution in [0.5, 0.6) is 11.5 Å². The van der Waals surface area contributed by atoms with Gasteiger partial charge >= 0.3 is 0 Å². The molecule has 1 fully saturated rings. The Kier molecular flexibility index (Phi) is 5.00. The number of pyridine rings is 1. The molecule has 1 aliphatic heterocycles. The van der Waals surface area contributed by atoms with Crippen LogP contribution in [-0.4, -0.2) is 55.0 Å². The topological polar surface area (TPSA) is 69.6 Å². The van der Waals surface area contributed by atoms with Crippen molar-refractivity contribution in [3.63, 3.8) is 0 Å². The Bertz CT molecular complexity index is 991. The Morgan fingerprint density at radius 3 is 2.64 bits per heavy atom. The summed E-state index contributed by atoms with van der Waals surface area (Å²) in [5.74, 6) is 2.81. The van der Waals surface area contributed by atoms with Gasteiger partial charge in [-0.05, 0) is 38.1 Å². The molecule has 7 heteroatoms. The molecular formula is C21H24N4O3. The number of ether oxygens (including phenoxy) is 3. The molecule has 7 nitrogen and oxygen atoms in total. The van der Waals surface area contributed by atoms with Gasteiger partial charge in [-0.1, -0.05) is 0 Å². The second kappa shape index (κ2) is 7.59. The summed E-state index contributed by atoms with van der Waals surface area (Å²) in [5, 5.41) is 0.938. The third kappa shape index (κ3) is 3.22. The molecule has 3 aromatic rings. The minimum atomic E-state index is 0.308. The van der Waals surface area contributed by atoms with E-state index >= 15 is 0 Å². The van der Waals surface area contributed by atoms with Crippen LogP contribution in [0.4, 0.5) is 5.82 Å². The third-order valence-electron chi connectivity index (χ3n) is 5.07. The van der Waals surface area contributed by atoms with E-state index in [4.69, 9.17) is 19.2 Å². The fraction of sp³-hybridized carbons (Fsp3) is 0.381. The minimum Gasteiger partial charge on any atom is -0.493 e. The van der Waals surface area contributed by atoms with Crippen LogP contribution in [-0.2, 0) is 4.74 Å². The summed E-state index contributed by atoms with van der Waals surface area (Å²) in [4.78, 5) is 16.3. The highest BCUT2D eigenvalue weighted by molar-refractivity contribution is 5.90. The number of rotatable bonds is 4. The maximum Gasteiger partial charge on any atom is 0.187 e. The molecule has 0 radical (unpaired) electrons. The van der Waals surface area contributed by atoms with Crippen LogP contribution in [0.3, 0.4) is 0 Å². The van der Waals surface area contributed by atoms with Crippen molar-refractivity contribution in [3.05, 3.63) is 36.2 Å². The van der Waals surface area contributed by atoms with Gasteiger partial charge in [0.1, 0.15) is 11.3 Å². The molecule has 0 saturated carbocycles.